The van der Waals surface area contributed by atoms with Gasteiger partial charge in [0.1, 0.15) is 17.4 Å². The van der Waals surface area contributed by atoms with Crippen LogP contribution in [0.25, 0.3) is 22.4 Å². The molecule has 0 bridgehead atoms. The van der Waals surface area contributed by atoms with E-state index in [2.05, 4.69) is 24.8 Å². The lowest BCUT2D eigenvalue weighted by molar-refractivity contribution is 0.602. The van der Waals surface area contributed by atoms with Crippen LogP contribution in [0.3, 0.4) is 0 Å². The van der Waals surface area contributed by atoms with Crippen molar-refractivity contribution >= 4 is 22.5 Å². The maximum Gasteiger partial charge on any atom is 0.282 e. The second kappa shape index (κ2) is 6.51. The molecule has 1 N–H and O–H groups in total. The summed E-state index contributed by atoms with van der Waals surface area (Å²) in [5.41, 5.74) is 2.68. The first-order chi connectivity index (χ1) is 14.8. The molecule has 1 fully saturated rings. The highest BCUT2D eigenvalue weighted by atomic mass is 16.1. The minimum atomic E-state index is -0.105. The van der Waals surface area contributed by atoms with Gasteiger partial charge in [0.25, 0.3) is 5.56 Å². The highest BCUT2D eigenvalue weighted by Crippen LogP contribution is 2.36. The van der Waals surface area contributed by atoms with Gasteiger partial charge in [0.15, 0.2) is 17.3 Å². The molecule has 0 aliphatic carbocycles. The Labute approximate surface area is 170 Å². The van der Waals surface area contributed by atoms with Gasteiger partial charge in [0.2, 0.25) is 0 Å². The molecule has 30 heavy (non-hydrogen) atoms. The summed E-state index contributed by atoms with van der Waals surface area (Å²) in [5, 5.41) is 4.87. The third-order valence-electron chi connectivity index (χ3n) is 5.63. The van der Waals surface area contributed by atoms with Gasteiger partial charge in [-0.05, 0) is 37.1 Å². The maximum absolute atomic E-state index is 13.4. The number of fused-ring (bicyclic) bond motifs is 2. The minimum absolute atomic E-state index is 0.0857. The third kappa shape index (κ3) is 2.45. The van der Waals surface area contributed by atoms with Gasteiger partial charge >= 0.3 is 0 Å². The van der Waals surface area contributed by atoms with Crippen LogP contribution >= 0.6 is 0 Å². The van der Waals surface area contributed by atoms with Gasteiger partial charge in [-0.25, -0.2) is 19.5 Å². The summed E-state index contributed by atoms with van der Waals surface area (Å²) in [6.07, 6.45) is 6.80. The molecule has 9 nitrogen and oxygen atoms in total. The molecular formula is C21H18N8O. The van der Waals surface area contributed by atoms with Crippen molar-refractivity contribution in [2.24, 2.45) is 0 Å². The molecule has 5 heterocycles. The Morgan fingerprint density at radius 3 is 2.83 bits per heavy atom. The molecule has 5 aromatic rings. The van der Waals surface area contributed by atoms with E-state index in [9.17, 15) is 4.79 Å². The zero-order valence-corrected chi connectivity index (χ0v) is 16.0. The van der Waals surface area contributed by atoms with Gasteiger partial charge in [-0.1, -0.05) is 18.2 Å². The van der Waals surface area contributed by atoms with Crippen LogP contribution in [0.2, 0.25) is 0 Å². The quantitative estimate of drug-likeness (QED) is 0.502. The van der Waals surface area contributed by atoms with E-state index in [1.807, 2.05) is 42.6 Å². The molecule has 0 spiro atoms. The van der Waals surface area contributed by atoms with E-state index in [0.717, 1.165) is 36.4 Å². The number of para-hydroxylation sites is 1. The Morgan fingerprint density at radius 2 is 1.93 bits per heavy atom. The van der Waals surface area contributed by atoms with Gasteiger partial charge in [-0.15, -0.1) is 0 Å². The van der Waals surface area contributed by atoms with Crippen molar-refractivity contribution in [2.75, 3.05) is 11.4 Å². The van der Waals surface area contributed by atoms with Crippen LogP contribution in [0.15, 0.2) is 66.1 Å². The van der Waals surface area contributed by atoms with Crippen molar-refractivity contribution in [3.05, 3.63) is 77.5 Å². The molecule has 0 amide bonds. The summed E-state index contributed by atoms with van der Waals surface area (Å²) in [6, 6.07) is 13.2. The predicted octanol–water partition coefficient (Wildman–Crippen LogP) is 2.49. The van der Waals surface area contributed by atoms with Crippen LogP contribution in [-0.2, 0) is 0 Å². The number of imidazole rings is 1. The van der Waals surface area contributed by atoms with Crippen LogP contribution in [0.4, 0.5) is 5.82 Å². The molecule has 6 rings (SSSR count). The molecule has 1 unspecified atom stereocenters. The number of H-pyrrole nitrogens is 1. The summed E-state index contributed by atoms with van der Waals surface area (Å²) >= 11 is 0. The van der Waals surface area contributed by atoms with Gasteiger partial charge in [0, 0.05) is 12.7 Å². The number of hydrogen-bond donors (Lipinski definition) is 1. The lowest BCUT2D eigenvalue weighted by atomic mass is 10.2. The molecular weight excluding hydrogens is 380 g/mol. The maximum atomic E-state index is 13.4. The normalized spacial score (nSPS) is 16.7. The number of nitrogens with one attached hydrogen (secondary N) is 1. The Bertz CT molecular complexity index is 1420. The zero-order valence-electron chi connectivity index (χ0n) is 16.0. The summed E-state index contributed by atoms with van der Waals surface area (Å²) in [6.45, 7) is 0.810. The van der Waals surface area contributed by atoms with Crippen LogP contribution in [0.5, 0.6) is 0 Å². The molecule has 1 aliphatic heterocycles. The van der Waals surface area contributed by atoms with Gasteiger partial charge in [-0.2, -0.15) is 5.10 Å². The number of anilines is 1. The smallest absolute Gasteiger partial charge is 0.282 e. The largest absolute Gasteiger partial charge is 0.344 e. The van der Waals surface area contributed by atoms with Crippen LogP contribution in [0, 0.1) is 0 Å². The monoisotopic (exact) mass is 398 g/mol. The Kier molecular flexibility index (Phi) is 3.67. The molecule has 148 valence electrons. The second-order valence-corrected chi connectivity index (χ2v) is 7.32. The fourth-order valence-corrected chi connectivity index (χ4v) is 4.30. The average molecular weight is 398 g/mol. The van der Waals surface area contributed by atoms with Crippen molar-refractivity contribution in [1.82, 2.24) is 34.1 Å². The van der Waals surface area contributed by atoms with E-state index in [-0.39, 0.29) is 11.6 Å². The van der Waals surface area contributed by atoms with E-state index in [1.165, 1.54) is 6.33 Å². The minimum Gasteiger partial charge on any atom is -0.344 e. The van der Waals surface area contributed by atoms with Gasteiger partial charge in [-0.3, -0.25) is 9.36 Å². The van der Waals surface area contributed by atoms with Crippen LogP contribution in [-0.4, -0.2) is 40.7 Å². The van der Waals surface area contributed by atoms with Crippen molar-refractivity contribution in [1.29, 1.82) is 0 Å². The molecule has 4 aromatic heterocycles. The molecule has 1 atom stereocenters. The standard InChI is InChI=1S/C21H18N8O/c30-21-16-9-5-11-28(16)26-19(29(21)14-6-2-1-3-7-14)15-8-4-10-27(15)20-17-18(23-12-22-17)24-13-25-20/h1-3,5-7,9,11-13,15H,4,8,10H2,(H,22,23,24,25). The fourth-order valence-electron chi connectivity index (χ4n) is 4.30. The zero-order chi connectivity index (χ0) is 20.1. The molecule has 0 radical (unpaired) electrons. The molecule has 0 saturated carbocycles. The van der Waals surface area contributed by atoms with E-state index >= 15 is 0 Å². The topological polar surface area (TPSA) is 97.0 Å². The van der Waals surface area contributed by atoms with Crippen molar-refractivity contribution in [3.63, 3.8) is 0 Å². The number of aromatic nitrogens is 7. The van der Waals surface area contributed by atoms with Crippen molar-refractivity contribution in [2.45, 2.75) is 18.9 Å². The summed E-state index contributed by atoms with van der Waals surface area (Å²) < 4.78 is 3.39. The number of rotatable bonds is 3. The molecule has 1 aromatic carbocycles. The highest BCUT2D eigenvalue weighted by molar-refractivity contribution is 5.83. The Balaban J connectivity index is 1.59. The lowest BCUT2D eigenvalue weighted by Crippen LogP contribution is -2.33. The third-order valence-corrected chi connectivity index (χ3v) is 5.63. The van der Waals surface area contributed by atoms with E-state index < -0.39 is 0 Å². The van der Waals surface area contributed by atoms with Crippen molar-refractivity contribution in [3.8, 4) is 5.69 Å². The Hall–Kier alpha value is -4.01. The SMILES string of the molecule is O=c1c2cccn2nc(C2CCCN2c2ncnc3nc[nH]c23)n1-c1ccccc1. The number of aromatic amines is 1. The number of benzene rings is 1. The first kappa shape index (κ1) is 16.9. The Morgan fingerprint density at radius 1 is 1.03 bits per heavy atom. The lowest BCUT2D eigenvalue weighted by Gasteiger charge is -2.27. The van der Waals surface area contributed by atoms with E-state index in [1.54, 1.807) is 21.5 Å². The fraction of sp³-hybridized carbons (Fsp3) is 0.190. The van der Waals surface area contributed by atoms with Crippen molar-refractivity contribution < 1.29 is 0 Å². The highest BCUT2D eigenvalue weighted by Gasteiger charge is 2.33. The van der Waals surface area contributed by atoms with Crippen LogP contribution < -0.4 is 10.5 Å². The van der Waals surface area contributed by atoms with E-state index in [4.69, 9.17) is 5.10 Å². The average Bonchev–Trinajstić information content (AvgIpc) is 3.53. The molecule has 1 saturated heterocycles. The molecule has 9 heteroatoms. The second-order valence-electron chi connectivity index (χ2n) is 7.32. The number of nitrogens with zero attached hydrogens (tertiary/aromatic N) is 7. The summed E-state index contributed by atoms with van der Waals surface area (Å²) in [4.78, 5) is 31.8. The summed E-state index contributed by atoms with van der Waals surface area (Å²) in [7, 11) is 0. The molecule has 1 aliphatic rings. The van der Waals surface area contributed by atoms with Crippen LogP contribution in [0.1, 0.15) is 24.7 Å². The first-order valence-electron chi connectivity index (χ1n) is 9.88. The van der Waals surface area contributed by atoms with Gasteiger partial charge in [0.05, 0.1) is 18.1 Å². The predicted molar refractivity (Wildman–Crippen MR) is 112 cm³/mol. The van der Waals surface area contributed by atoms with Gasteiger partial charge < -0.3 is 9.88 Å². The van der Waals surface area contributed by atoms with E-state index in [0.29, 0.717) is 17.0 Å². The summed E-state index contributed by atoms with van der Waals surface area (Å²) in [5.74, 6) is 1.47. The number of hydrogen-bond acceptors (Lipinski definition) is 6. The first-order valence-corrected chi connectivity index (χ1v) is 9.88.